The van der Waals surface area contributed by atoms with E-state index in [-0.39, 0.29) is 12.0 Å². The molecule has 0 unspecified atom stereocenters. The third-order valence-electron chi connectivity index (χ3n) is 9.25. The Balaban J connectivity index is 1.23. The van der Waals surface area contributed by atoms with E-state index in [0.29, 0.717) is 11.8 Å². The Bertz CT molecular complexity index is 1210. The molecular formula is C31H38ClN2O3+. The molecule has 5 nitrogen and oxygen atoms in total. The van der Waals surface area contributed by atoms with E-state index >= 15 is 0 Å². The van der Waals surface area contributed by atoms with Crippen LogP contribution in [0.1, 0.15) is 67.7 Å². The second-order valence-corrected chi connectivity index (χ2v) is 12.0. The smallest absolute Gasteiger partial charge is 0.231 e. The largest absolute Gasteiger partial charge is 0.484 e. The minimum absolute atomic E-state index is 0.118. The van der Waals surface area contributed by atoms with Gasteiger partial charge in [0.2, 0.25) is 5.89 Å². The number of piperidine rings is 3. The summed E-state index contributed by atoms with van der Waals surface area (Å²) >= 11 is 6.36. The lowest BCUT2D eigenvalue weighted by Crippen LogP contribution is -2.64. The molecule has 4 fully saturated rings. The number of oxazole rings is 1. The number of hydrogen-bond donors (Lipinski definition) is 1. The first-order valence-electron chi connectivity index (χ1n) is 14.0. The number of ether oxygens (including phenoxy) is 1. The number of halogens is 1. The summed E-state index contributed by atoms with van der Waals surface area (Å²) in [5.41, 5.74) is 0.758. The lowest BCUT2D eigenvalue weighted by atomic mass is 9.73. The van der Waals surface area contributed by atoms with Crippen molar-refractivity contribution in [2.24, 2.45) is 11.8 Å². The van der Waals surface area contributed by atoms with Gasteiger partial charge in [0.25, 0.3) is 0 Å². The number of hydrogen-bond acceptors (Lipinski definition) is 4. The molecule has 0 amide bonds. The molecule has 3 saturated heterocycles. The average Bonchev–Trinajstić information content (AvgIpc) is 3.40. The second-order valence-electron chi connectivity index (χ2n) is 11.6. The third kappa shape index (κ3) is 4.82. The first-order valence-corrected chi connectivity index (χ1v) is 14.3. The molecule has 4 aliphatic rings. The van der Waals surface area contributed by atoms with Crippen LogP contribution in [0, 0.1) is 18.8 Å². The molecule has 7 rings (SSSR count). The Kier molecular flexibility index (Phi) is 6.81. The number of aliphatic hydroxyl groups is 1. The molecule has 2 atom stereocenters. The number of nitrogens with zero attached hydrogens (tertiary/aromatic N) is 2. The van der Waals surface area contributed by atoms with Gasteiger partial charge in [-0.15, -0.1) is 0 Å². The SMILES string of the molecule is Cc1ccc(O[C@@H]2C[N+]3(Cc4cnc([C@@](O)(c5ccccc5)C5CCCCC5)o4)CCC2CC3)cc1Cl. The summed E-state index contributed by atoms with van der Waals surface area (Å²) in [7, 11) is 0. The molecule has 4 heterocycles. The van der Waals surface area contributed by atoms with Crippen LogP contribution >= 0.6 is 11.6 Å². The summed E-state index contributed by atoms with van der Waals surface area (Å²) in [6, 6.07) is 16.0. The molecular weight excluding hydrogens is 484 g/mol. The van der Waals surface area contributed by atoms with Gasteiger partial charge in [0.05, 0.1) is 19.3 Å². The van der Waals surface area contributed by atoms with Crippen molar-refractivity contribution in [2.45, 2.75) is 70.1 Å². The number of rotatable bonds is 7. The van der Waals surface area contributed by atoms with Gasteiger partial charge in [0.1, 0.15) is 18.8 Å². The Hall–Kier alpha value is -2.34. The molecule has 1 saturated carbocycles. The lowest BCUT2D eigenvalue weighted by Gasteiger charge is -2.51. The van der Waals surface area contributed by atoms with Crippen LogP contribution in [0.4, 0.5) is 0 Å². The Morgan fingerprint density at radius 3 is 2.54 bits per heavy atom. The van der Waals surface area contributed by atoms with E-state index in [1.165, 1.54) is 6.42 Å². The van der Waals surface area contributed by atoms with E-state index < -0.39 is 5.60 Å². The molecule has 1 N–H and O–H groups in total. The highest BCUT2D eigenvalue weighted by molar-refractivity contribution is 6.31. The molecule has 196 valence electrons. The molecule has 1 aliphatic carbocycles. The van der Waals surface area contributed by atoms with Gasteiger partial charge in [-0.25, -0.2) is 4.98 Å². The number of fused-ring (bicyclic) bond motifs is 3. The number of aryl methyl sites for hydroxylation is 1. The molecule has 37 heavy (non-hydrogen) atoms. The van der Waals surface area contributed by atoms with Crippen molar-refractivity contribution in [3.63, 3.8) is 0 Å². The minimum atomic E-state index is -1.19. The monoisotopic (exact) mass is 521 g/mol. The fourth-order valence-electron chi connectivity index (χ4n) is 7.03. The fourth-order valence-corrected chi connectivity index (χ4v) is 7.20. The number of quaternary nitrogens is 1. The third-order valence-corrected chi connectivity index (χ3v) is 9.66. The van der Waals surface area contributed by atoms with Crippen LogP contribution < -0.4 is 4.74 Å². The van der Waals surface area contributed by atoms with Crippen molar-refractivity contribution in [2.75, 3.05) is 19.6 Å². The maximum atomic E-state index is 12.2. The van der Waals surface area contributed by atoms with Gasteiger partial charge in [-0.3, -0.25) is 0 Å². The van der Waals surface area contributed by atoms with Crippen LogP contribution in [-0.4, -0.2) is 40.3 Å². The summed E-state index contributed by atoms with van der Waals surface area (Å²) < 4.78 is 13.9. The van der Waals surface area contributed by atoms with Crippen molar-refractivity contribution in [3.05, 3.63) is 82.5 Å². The van der Waals surface area contributed by atoms with Crippen LogP contribution in [0.5, 0.6) is 5.75 Å². The number of benzene rings is 2. The van der Waals surface area contributed by atoms with E-state index in [2.05, 4.69) is 0 Å². The second kappa shape index (κ2) is 10.1. The molecule has 0 spiro atoms. The van der Waals surface area contributed by atoms with Crippen LogP contribution in [0.2, 0.25) is 5.02 Å². The highest BCUT2D eigenvalue weighted by atomic mass is 35.5. The summed E-state index contributed by atoms with van der Waals surface area (Å²) in [5, 5.41) is 12.9. The van der Waals surface area contributed by atoms with Gasteiger partial charge in [-0.2, -0.15) is 0 Å². The summed E-state index contributed by atoms with van der Waals surface area (Å²) in [5.74, 6) is 2.87. The Morgan fingerprint density at radius 2 is 1.81 bits per heavy atom. The zero-order valence-corrected chi connectivity index (χ0v) is 22.5. The highest BCUT2D eigenvalue weighted by Gasteiger charge is 2.49. The van der Waals surface area contributed by atoms with Gasteiger partial charge in [-0.1, -0.05) is 67.3 Å². The first kappa shape index (κ1) is 25.0. The average molecular weight is 522 g/mol. The van der Waals surface area contributed by atoms with Crippen LogP contribution in [0.25, 0.3) is 0 Å². The van der Waals surface area contributed by atoms with Crippen LogP contribution in [0.15, 0.2) is 59.1 Å². The quantitative estimate of drug-likeness (QED) is 0.354. The maximum Gasteiger partial charge on any atom is 0.231 e. The van der Waals surface area contributed by atoms with Gasteiger partial charge in [0, 0.05) is 29.7 Å². The van der Waals surface area contributed by atoms with Gasteiger partial charge in [0.15, 0.2) is 17.5 Å². The molecule has 1 aromatic heterocycles. The molecule has 2 aromatic carbocycles. The van der Waals surface area contributed by atoms with Crippen molar-refractivity contribution < 1.29 is 18.7 Å². The summed E-state index contributed by atoms with van der Waals surface area (Å²) in [4.78, 5) is 4.72. The predicted octanol–water partition coefficient (Wildman–Crippen LogP) is 6.64. The minimum Gasteiger partial charge on any atom is -0.484 e. The van der Waals surface area contributed by atoms with Crippen molar-refractivity contribution in [1.82, 2.24) is 4.98 Å². The van der Waals surface area contributed by atoms with Gasteiger partial charge < -0.3 is 18.7 Å². The van der Waals surface area contributed by atoms with Gasteiger partial charge in [-0.05, 0) is 43.0 Å². The number of aromatic nitrogens is 1. The first-order chi connectivity index (χ1) is 18.0. The van der Waals surface area contributed by atoms with Crippen LogP contribution in [0.3, 0.4) is 0 Å². The van der Waals surface area contributed by atoms with E-state index in [0.717, 1.165) is 96.8 Å². The highest BCUT2D eigenvalue weighted by Crippen LogP contribution is 2.44. The van der Waals surface area contributed by atoms with E-state index in [1.807, 2.05) is 61.7 Å². The molecule has 2 bridgehead atoms. The Labute approximate surface area is 225 Å². The summed E-state index contributed by atoms with van der Waals surface area (Å²) in [6.07, 6.45) is 9.84. The molecule has 0 radical (unpaired) electrons. The zero-order valence-electron chi connectivity index (χ0n) is 21.7. The molecule has 3 aromatic rings. The van der Waals surface area contributed by atoms with E-state index in [4.69, 9.17) is 25.7 Å². The van der Waals surface area contributed by atoms with Crippen molar-refractivity contribution in [3.8, 4) is 5.75 Å². The zero-order chi connectivity index (χ0) is 25.5. The van der Waals surface area contributed by atoms with Gasteiger partial charge >= 0.3 is 0 Å². The van der Waals surface area contributed by atoms with Crippen molar-refractivity contribution >= 4 is 11.6 Å². The van der Waals surface area contributed by atoms with E-state index in [9.17, 15) is 5.11 Å². The topological polar surface area (TPSA) is 55.5 Å². The predicted molar refractivity (Wildman–Crippen MR) is 144 cm³/mol. The molecule has 3 aliphatic heterocycles. The lowest BCUT2D eigenvalue weighted by molar-refractivity contribution is -0.958. The Morgan fingerprint density at radius 1 is 1.05 bits per heavy atom. The normalized spacial score (nSPS) is 27.6. The molecule has 6 heteroatoms. The summed E-state index contributed by atoms with van der Waals surface area (Å²) in [6.45, 7) is 6.00. The standard InChI is InChI=1S/C31H38ClN2O3/c1-22-12-13-26(18-28(22)32)36-29-21-34(16-14-23(29)15-17-34)20-27-19-33-30(37-27)31(35,24-8-4-2-5-9-24)25-10-6-3-7-11-25/h2,4-5,8-9,12-13,18-19,23,25,29,35H,3,6-7,10-11,14-17,20-21H2,1H3/q+1/t23?,29-,31-,34?/m1/s1. The van der Waals surface area contributed by atoms with E-state index in [1.54, 1.807) is 0 Å². The van der Waals surface area contributed by atoms with Crippen molar-refractivity contribution in [1.29, 1.82) is 0 Å². The maximum absolute atomic E-state index is 12.2. The fraction of sp³-hybridized carbons (Fsp3) is 0.516. The van der Waals surface area contributed by atoms with Crippen LogP contribution in [-0.2, 0) is 12.1 Å².